The van der Waals surface area contributed by atoms with Gasteiger partial charge in [-0.2, -0.15) is 5.10 Å². The van der Waals surface area contributed by atoms with E-state index >= 15 is 0 Å². The summed E-state index contributed by atoms with van der Waals surface area (Å²) in [6, 6.07) is 17.0. The lowest BCUT2D eigenvalue weighted by molar-refractivity contribution is 0.0954. The van der Waals surface area contributed by atoms with Gasteiger partial charge in [0, 0.05) is 11.1 Å². The van der Waals surface area contributed by atoms with Gasteiger partial charge in [-0.05, 0) is 35.0 Å². The molecule has 0 unspecified atom stereocenters. The van der Waals surface area contributed by atoms with Crippen LogP contribution >= 0.6 is 0 Å². The van der Waals surface area contributed by atoms with Crippen LogP contribution in [0.5, 0.6) is 5.75 Å². The second-order valence-corrected chi connectivity index (χ2v) is 5.11. The van der Waals surface area contributed by atoms with Gasteiger partial charge in [-0.15, -0.1) is 0 Å². The maximum atomic E-state index is 13.2. The van der Waals surface area contributed by atoms with Crippen LogP contribution in [0.3, 0.4) is 0 Å². The van der Waals surface area contributed by atoms with Crippen LogP contribution in [-0.4, -0.2) is 19.2 Å². The first-order chi connectivity index (χ1) is 11.7. The Kier molecular flexibility index (Phi) is 4.52. The molecule has 0 aliphatic rings. The predicted octanol–water partition coefficient (Wildman–Crippen LogP) is 3.75. The molecule has 1 N–H and O–H groups in total. The number of amides is 1. The number of carbonyl (C=O) groups is 1. The Morgan fingerprint density at radius 2 is 1.96 bits per heavy atom. The molecule has 0 heterocycles. The van der Waals surface area contributed by atoms with Crippen LogP contribution < -0.4 is 10.2 Å². The molecule has 5 heteroatoms. The van der Waals surface area contributed by atoms with Gasteiger partial charge >= 0.3 is 0 Å². The van der Waals surface area contributed by atoms with E-state index in [-0.39, 0.29) is 5.56 Å². The number of halogens is 1. The number of methoxy groups -OCH3 is 1. The average molecular weight is 322 g/mol. The molecule has 3 rings (SSSR count). The molecule has 0 atom stereocenters. The summed E-state index contributed by atoms with van der Waals surface area (Å²) in [5.74, 6) is -0.301. The number of hydrazone groups is 1. The normalized spacial score (nSPS) is 10.9. The van der Waals surface area contributed by atoms with Crippen molar-refractivity contribution in [2.75, 3.05) is 7.11 Å². The maximum Gasteiger partial charge on any atom is 0.271 e. The fourth-order valence-electron chi connectivity index (χ4n) is 2.44. The van der Waals surface area contributed by atoms with E-state index in [1.807, 2.05) is 36.4 Å². The summed E-state index contributed by atoms with van der Waals surface area (Å²) in [5, 5.41) is 5.98. The lowest BCUT2D eigenvalue weighted by Gasteiger charge is -2.08. The summed E-state index contributed by atoms with van der Waals surface area (Å²) < 4.78 is 18.5. The minimum Gasteiger partial charge on any atom is -0.496 e. The third kappa shape index (κ3) is 3.25. The van der Waals surface area contributed by atoms with E-state index in [1.165, 1.54) is 24.4 Å². The summed E-state index contributed by atoms with van der Waals surface area (Å²) >= 11 is 0. The zero-order chi connectivity index (χ0) is 16.9. The summed E-state index contributed by atoms with van der Waals surface area (Å²) in [4.78, 5) is 12.0. The summed E-state index contributed by atoms with van der Waals surface area (Å²) in [6.07, 6.45) is 1.53. The van der Waals surface area contributed by atoms with Crippen LogP contribution in [-0.2, 0) is 0 Å². The third-order valence-electron chi connectivity index (χ3n) is 3.60. The van der Waals surface area contributed by atoms with E-state index < -0.39 is 11.7 Å². The molecule has 24 heavy (non-hydrogen) atoms. The number of nitrogens with zero attached hydrogens (tertiary/aromatic N) is 1. The molecule has 3 aromatic carbocycles. The molecule has 0 saturated heterocycles. The van der Waals surface area contributed by atoms with Crippen molar-refractivity contribution in [2.45, 2.75) is 0 Å². The number of fused-ring (bicyclic) bond motifs is 1. The highest BCUT2D eigenvalue weighted by molar-refractivity contribution is 6.03. The molecule has 1 amide bonds. The van der Waals surface area contributed by atoms with Crippen molar-refractivity contribution in [3.8, 4) is 5.75 Å². The molecule has 0 bridgehead atoms. The Hall–Kier alpha value is -3.21. The van der Waals surface area contributed by atoms with Crippen LogP contribution in [0.1, 0.15) is 15.9 Å². The van der Waals surface area contributed by atoms with Crippen LogP contribution in [0.25, 0.3) is 10.8 Å². The number of carbonyl (C=O) groups excluding carboxylic acids is 1. The quantitative estimate of drug-likeness (QED) is 0.587. The van der Waals surface area contributed by atoms with Gasteiger partial charge in [-0.3, -0.25) is 4.79 Å². The maximum absolute atomic E-state index is 13.2. The standard InChI is InChI=1S/C19H15FN2O2/c1-24-18-10-9-13-5-2-3-8-16(13)17(18)12-21-22-19(23)14-6-4-7-15(20)11-14/h2-12H,1H3,(H,22,23). The van der Waals surface area contributed by atoms with E-state index in [0.717, 1.165) is 22.4 Å². The second-order valence-electron chi connectivity index (χ2n) is 5.11. The van der Waals surface area contributed by atoms with Gasteiger partial charge in [0.2, 0.25) is 0 Å². The lowest BCUT2D eigenvalue weighted by atomic mass is 10.0. The summed E-state index contributed by atoms with van der Waals surface area (Å²) in [5.41, 5.74) is 3.36. The topological polar surface area (TPSA) is 50.7 Å². The highest BCUT2D eigenvalue weighted by Gasteiger charge is 2.07. The smallest absolute Gasteiger partial charge is 0.271 e. The number of hydrogen-bond donors (Lipinski definition) is 1. The van der Waals surface area contributed by atoms with Crippen molar-refractivity contribution in [2.24, 2.45) is 5.10 Å². The van der Waals surface area contributed by atoms with Crippen molar-refractivity contribution < 1.29 is 13.9 Å². The number of nitrogens with one attached hydrogen (secondary N) is 1. The van der Waals surface area contributed by atoms with Crippen LogP contribution in [0.4, 0.5) is 4.39 Å². The van der Waals surface area contributed by atoms with Gasteiger partial charge < -0.3 is 4.74 Å². The van der Waals surface area contributed by atoms with Crippen molar-refractivity contribution >= 4 is 22.9 Å². The average Bonchev–Trinajstić information content (AvgIpc) is 2.61. The van der Waals surface area contributed by atoms with Gasteiger partial charge in [-0.25, -0.2) is 9.82 Å². The Bertz CT molecular complexity index is 922. The molecule has 0 spiro atoms. The molecule has 3 aromatic rings. The fourth-order valence-corrected chi connectivity index (χ4v) is 2.44. The van der Waals surface area contributed by atoms with Gasteiger partial charge in [0.15, 0.2) is 0 Å². The fraction of sp³-hybridized carbons (Fsp3) is 0.0526. The Balaban J connectivity index is 1.86. The van der Waals surface area contributed by atoms with Crippen LogP contribution in [0, 0.1) is 5.82 Å². The first-order valence-electron chi connectivity index (χ1n) is 7.34. The highest BCUT2D eigenvalue weighted by atomic mass is 19.1. The Morgan fingerprint density at radius 1 is 1.12 bits per heavy atom. The first-order valence-corrected chi connectivity index (χ1v) is 7.34. The highest BCUT2D eigenvalue weighted by Crippen LogP contribution is 2.26. The van der Waals surface area contributed by atoms with Crippen molar-refractivity contribution in [3.05, 3.63) is 77.6 Å². The number of benzene rings is 3. The second kappa shape index (κ2) is 6.91. The molecule has 4 nitrogen and oxygen atoms in total. The molecule has 0 aliphatic heterocycles. The first kappa shape index (κ1) is 15.7. The molecule has 0 aromatic heterocycles. The number of rotatable bonds is 4. The molecular weight excluding hydrogens is 307 g/mol. The van der Waals surface area contributed by atoms with E-state index in [1.54, 1.807) is 7.11 Å². The van der Waals surface area contributed by atoms with E-state index in [9.17, 15) is 9.18 Å². The zero-order valence-corrected chi connectivity index (χ0v) is 13.0. The van der Waals surface area contributed by atoms with E-state index in [2.05, 4.69) is 10.5 Å². The third-order valence-corrected chi connectivity index (χ3v) is 3.60. The monoisotopic (exact) mass is 322 g/mol. The zero-order valence-electron chi connectivity index (χ0n) is 13.0. The largest absolute Gasteiger partial charge is 0.496 e. The number of hydrogen-bond acceptors (Lipinski definition) is 3. The summed E-state index contributed by atoms with van der Waals surface area (Å²) in [6.45, 7) is 0. The Labute approximate surface area is 138 Å². The van der Waals surface area contributed by atoms with Crippen molar-refractivity contribution in [3.63, 3.8) is 0 Å². The van der Waals surface area contributed by atoms with Crippen LogP contribution in [0.2, 0.25) is 0 Å². The van der Waals surface area contributed by atoms with Gasteiger partial charge in [0.1, 0.15) is 11.6 Å². The molecule has 120 valence electrons. The summed E-state index contributed by atoms with van der Waals surface area (Å²) in [7, 11) is 1.58. The van der Waals surface area contributed by atoms with Crippen molar-refractivity contribution in [1.29, 1.82) is 0 Å². The molecular formula is C19H15FN2O2. The van der Waals surface area contributed by atoms with Gasteiger partial charge in [0.05, 0.1) is 13.3 Å². The van der Waals surface area contributed by atoms with Crippen LogP contribution in [0.15, 0.2) is 65.8 Å². The van der Waals surface area contributed by atoms with Gasteiger partial charge in [0.25, 0.3) is 5.91 Å². The molecule has 0 saturated carbocycles. The lowest BCUT2D eigenvalue weighted by Crippen LogP contribution is -2.17. The van der Waals surface area contributed by atoms with E-state index in [0.29, 0.717) is 5.75 Å². The number of ether oxygens (including phenoxy) is 1. The minimum atomic E-state index is -0.482. The molecule has 0 aliphatic carbocycles. The van der Waals surface area contributed by atoms with Crippen molar-refractivity contribution in [1.82, 2.24) is 5.43 Å². The van der Waals surface area contributed by atoms with Gasteiger partial charge in [-0.1, -0.05) is 36.4 Å². The van der Waals surface area contributed by atoms with E-state index in [4.69, 9.17) is 4.74 Å². The minimum absolute atomic E-state index is 0.206. The SMILES string of the molecule is COc1ccc2ccccc2c1C=NNC(=O)c1cccc(F)c1. The Morgan fingerprint density at radius 3 is 2.75 bits per heavy atom. The predicted molar refractivity (Wildman–Crippen MR) is 92.0 cm³/mol. The molecule has 0 fully saturated rings. The molecule has 0 radical (unpaired) electrons.